The van der Waals surface area contributed by atoms with E-state index in [1.807, 2.05) is 13.0 Å². The molecule has 0 radical (unpaired) electrons. The third-order valence-corrected chi connectivity index (χ3v) is 5.13. The van der Waals surface area contributed by atoms with Crippen LogP contribution in [0.25, 0.3) is 0 Å². The molecule has 1 unspecified atom stereocenters. The molecule has 2 rings (SSSR count). The number of aryl methyl sites for hydroxylation is 1. The van der Waals surface area contributed by atoms with Crippen LogP contribution in [0.15, 0.2) is 16.6 Å². The summed E-state index contributed by atoms with van der Waals surface area (Å²) in [6.45, 7) is 12.3. The second kappa shape index (κ2) is 7.56. The number of nitrogens with one attached hydrogen (secondary N) is 1. The van der Waals surface area contributed by atoms with Crippen molar-refractivity contribution in [3.05, 3.63) is 22.3 Å². The minimum Gasteiger partial charge on any atom is -0.368 e. The van der Waals surface area contributed by atoms with Gasteiger partial charge in [-0.25, -0.2) is 4.98 Å². The van der Waals surface area contributed by atoms with Crippen LogP contribution in [0.3, 0.4) is 0 Å². The van der Waals surface area contributed by atoms with Gasteiger partial charge in [0.25, 0.3) is 0 Å². The van der Waals surface area contributed by atoms with Crippen LogP contribution in [0.4, 0.5) is 5.82 Å². The molecule has 0 saturated carbocycles. The molecule has 1 aromatic rings. The molecule has 21 heavy (non-hydrogen) atoms. The van der Waals surface area contributed by atoms with Crippen molar-refractivity contribution >= 4 is 21.7 Å². The van der Waals surface area contributed by atoms with Gasteiger partial charge in [-0.2, -0.15) is 0 Å². The van der Waals surface area contributed by atoms with Gasteiger partial charge in [0, 0.05) is 43.2 Å². The number of hydrogen-bond donors (Lipinski definition) is 1. The second-order valence-corrected chi connectivity index (χ2v) is 7.15. The van der Waals surface area contributed by atoms with Crippen LogP contribution in [0, 0.1) is 12.8 Å². The summed E-state index contributed by atoms with van der Waals surface area (Å²) in [5.74, 6) is 1.60. The summed E-state index contributed by atoms with van der Waals surface area (Å²) < 4.78 is 1.06. The zero-order valence-electron chi connectivity index (χ0n) is 13.6. The minimum atomic E-state index is 0.560. The first kappa shape index (κ1) is 16.7. The van der Waals surface area contributed by atoms with Crippen LogP contribution >= 0.6 is 15.9 Å². The average Bonchev–Trinajstić information content (AvgIpc) is 2.44. The number of hydrogen-bond acceptors (Lipinski definition) is 4. The van der Waals surface area contributed by atoms with Gasteiger partial charge in [-0.3, -0.25) is 4.90 Å². The SMILES string of the molecule is Cc1nc(NCC(C(C)C)N2CCN(C)CC2)ccc1Br. The Bertz CT molecular complexity index is 456. The first-order chi connectivity index (χ1) is 9.97. The maximum Gasteiger partial charge on any atom is 0.126 e. The highest BCUT2D eigenvalue weighted by atomic mass is 79.9. The molecule has 0 spiro atoms. The maximum absolute atomic E-state index is 4.58. The van der Waals surface area contributed by atoms with E-state index >= 15 is 0 Å². The summed E-state index contributed by atoms with van der Waals surface area (Å²) >= 11 is 3.50. The second-order valence-electron chi connectivity index (χ2n) is 6.30. The van der Waals surface area contributed by atoms with Crippen molar-refractivity contribution in [3.63, 3.8) is 0 Å². The van der Waals surface area contributed by atoms with Gasteiger partial charge >= 0.3 is 0 Å². The summed E-state index contributed by atoms with van der Waals surface area (Å²) in [7, 11) is 2.20. The minimum absolute atomic E-state index is 0.560. The highest BCUT2D eigenvalue weighted by molar-refractivity contribution is 9.10. The summed E-state index contributed by atoms with van der Waals surface area (Å²) in [5.41, 5.74) is 1.03. The van der Waals surface area contributed by atoms with E-state index in [0.717, 1.165) is 35.6 Å². The van der Waals surface area contributed by atoms with Gasteiger partial charge in [0.2, 0.25) is 0 Å². The molecule has 0 bridgehead atoms. The van der Waals surface area contributed by atoms with Crippen LogP contribution in [0.5, 0.6) is 0 Å². The first-order valence-corrected chi connectivity index (χ1v) is 8.56. The molecular weight excluding hydrogens is 328 g/mol. The van der Waals surface area contributed by atoms with Crippen molar-refractivity contribution in [2.24, 2.45) is 5.92 Å². The molecule has 1 atom stereocenters. The summed E-state index contributed by atoms with van der Waals surface area (Å²) in [6, 6.07) is 4.66. The lowest BCUT2D eigenvalue weighted by molar-refractivity contribution is 0.0944. The lowest BCUT2D eigenvalue weighted by atomic mass is 10.0. The molecular formula is C16H27BrN4. The third-order valence-electron chi connectivity index (χ3n) is 4.29. The molecule has 1 aliphatic heterocycles. The van der Waals surface area contributed by atoms with Crippen LogP contribution in [-0.2, 0) is 0 Å². The number of aromatic nitrogens is 1. The number of pyridine rings is 1. The molecule has 118 valence electrons. The number of likely N-dealkylation sites (N-methyl/N-ethyl adjacent to an activating group) is 1. The van der Waals surface area contributed by atoms with Crippen LogP contribution in [-0.4, -0.2) is 60.6 Å². The number of piperazine rings is 1. The fourth-order valence-corrected chi connectivity index (χ4v) is 3.01. The Morgan fingerprint density at radius 2 is 1.90 bits per heavy atom. The monoisotopic (exact) mass is 354 g/mol. The zero-order valence-corrected chi connectivity index (χ0v) is 15.2. The normalized spacial score (nSPS) is 19.0. The van der Waals surface area contributed by atoms with E-state index in [2.05, 4.69) is 63.0 Å². The molecule has 5 heteroatoms. The molecule has 1 N–H and O–H groups in total. The van der Waals surface area contributed by atoms with Crippen LogP contribution in [0.2, 0.25) is 0 Å². The third kappa shape index (κ3) is 4.66. The number of halogens is 1. The quantitative estimate of drug-likeness (QED) is 0.880. The predicted molar refractivity (Wildman–Crippen MR) is 92.9 cm³/mol. The van der Waals surface area contributed by atoms with Gasteiger partial charge in [0.1, 0.15) is 5.82 Å². The zero-order chi connectivity index (χ0) is 15.4. The summed E-state index contributed by atoms with van der Waals surface area (Å²) in [5, 5.41) is 3.52. The van der Waals surface area contributed by atoms with E-state index in [9.17, 15) is 0 Å². The smallest absolute Gasteiger partial charge is 0.126 e. The van der Waals surface area contributed by atoms with E-state index in [1.165, 1.54) is 13.1 Å². The Labute approximate surface area is 137 Å². The highest BCUT2D eigenvalue weighted by Gasteiger charge is 2.24. The number of rotatable bonds is 5. The molecule has 2 heterocycles. The highest BCUT2D eigenvalue weighted by Crippen LogP contribution is 2.18. The fourth-order valence-electron chi connectivity index (χ4n) is 2.79. The lowest BCUT2D eigenvalue weighted by Crippen LogP contribution is -2.52. The molecule has 1 aromatic heterocycles. The Morgan fingerprint density at radius 1 is 1.24 bits per heavy atom. The summed E-state index contributed by atoms with van der Waals surface area (Å²) in [4.78, 5) is 9.59. The summed E-state index contributed by atoms with van der Waals surface area (Å²) in [6.07, 6.45) is 0. The Hall–Kier alpha value is -0.650. The van der Waals surface area contributed by atoms with Crippen molar-refractivity contribution < 1.29 is 0 Å². The van der Waals surface area contributed by atoms with Crippen molar-refractivity contribution in [1.82, 2.24) is 14.8 Å². The molecule has 1 fully saturated rings. The van der Waals surface area contributed by atoms with Gasteiger partial charge in [0.05, 0.1) is 5.69 Å². The standard InChI is InChI=1S/C16H27BrN4/c1-12(2)15(21-9-7-20(4)8-10-21)11-18-16-6-5-14(17)13(3)19-16/h5-6,12,15H,7-11H2,1-4H3,(H,18,19). The topological polar surface area (TPSA) is 31.4 Å². The average molecular weight is 355 g/mol. The van der Waals surface area contributed by atoms with E-state index in [1.54, 1.807) is 0 Å². The van der Waals surface area contributed by atoms with Gasteiger partial charge in [-0.1, -0.05) is 13.8 Å². The number of anilines is 1. The molecule has 0 amide bonds. The first-order valence-electron chi connectivity index (χ1n) is 7.77. The fraction of sp³-hybridized carbons (Fsp3) is 0.688. The number of nitrogens with zero attached hydrogens (tertiary/aromatic N) is 3. The van der Waals surface area contributed by atoms with Crippen molar-refractivity contribution in [2.75, 3.05) is 45.1 Å². The van der Waals surface area contributed by atoms with Gasteiger partial charge < -0.3 is 10.2 Å². The molecule has 4 nitrogen and oxygen atoms in total. The van der Waals surface area contributed by atoms with Gasteiger partial charge in [-0.15, -0.1) is 0 Å². The van der Waals surface area contributed by atoms with Crippen molar-refractivity contribution in [1.29, 1.82) is 0 Å². The van der Waals surface area contributed by atoms with E-state index in [4.69, 9.17) is 0 Å². The van der Waals surface area contributed by atoms with Gasteiger partial charge in [0.15, 0.2) is 0 Å². The van der Waals surface area contributed by atoms with Crippen LogP contribution < -0.4 is 5.32 Å². The Morgan fingerprint density at radius 3 is 2.48 bits per heavy atom. The predicted octanol–water partition coefficient (Wildman–Crippen LogP) is 2.84. The van der Waals surface area contributed by atoms with Crippen molar-refractivity contribution in [2.45, 2.75) is 26.8 Å². The van der Waals surface area contributed by atoms with E-state index < -0.39 is 0 Å². The van der Waals surface area contributed by atoms with Gasteiger partial charge in [-0.05, 0) is 48.0 Å². The largest absolute Gasteiger partial charge is 0.368 e. The molecule has 1 saturated heterocycles. The Balaban J connectivity index is 1.95. The van der Waals surface area contributed by atoms with Crippen molar-refractivity contribution in [3.8, 4) is 0 Å². The maximum atomic E-state index is 4.58. The molecule has 0 aliphatic carbocycles. The Kier molecular flexibility index (Phi) is 6.02. The van der Waals surface area contributed by atoms with E-state index in [-0.39, 0.29) is 0 Å². The molecule has 0 aromatic carbocycles. The lowest BCUT2D eigenvalue weighted by Gasteiger charge is -2.40. The van der Waals surface area contributed by atoms with E-state index in [0.29, 0.717) is 12.0 Å². The van der Waals surface area contributed by atoms with Crippen LogP contribution in [0.1, 0.15) is 19.5 Å². The molecule has 1 aliphatic rings.